The Morgan fingerprint density at radius 1 is 1.17 bits per heavy atom. The van der Waals surface area contributed by atoms with Crippen molar-refractivity contribution in [1.82, 2.24) is 0 Å². The molecule has 29 heavy (non-hydrogen) atoms. The minimum Gasteiger partial charge on any atom is -0.459 e. The third kappa shape index (κ3) is 9.90. The Hall–Kier alpha value is -1.21. The molecule has 4 atom stereocenters. The van der Waals surface area contributed by atoms with E-state index in [1.165, 1.54) is 12.8 Å². The fourth-order valence-corrected chi connectivity index (χ4v) is 3.52. The first-order valence-corrected chi connectivity index (χ1v) is 10.8. The first kappa shape index (κ1) is 25.8. The van der Waals surface area contributed by atoms with E-state index in [0.717, 1.165) is 19.3 Å². The number of carbonyl (C=O) groups excluding carboxylic acids is 1. The largest absolute Gasteiger partial charge is 0.459 e. The van der Waals surface area contributed by atoms with E-state index < -0.39 is 5.79 Å². The molecule has 1 heterocycles. The van der Waals surface area contributed by atoms with Crippen LogP contribution in [0.5, 0.6) is 0 Å². The normalized spacial score (nSPS) is 22.8. The zero-order chi connectivity index (χ0) is 21.7. The first-order valence-electron chi connectivity index (χ1n) is 10.8. The van der Waals surface area contributed by atoms with E-state index in [9.17, 15) is 4.79 Å². The third-order valence-electron chi connectivity index (χ3n) is 4.93. The Kier molecular flexibility index (Phi) is 12.4. The molecule has 0 aromatic heterocycles. The average molecular weight is 413 g/mol. The van der Waals surface area contributed by atoms with Crippen LogP contribution in [0.15, 0.2) is 25.3 Å². The molecule has 0 radical (unpaired) electrons. The topological polar surface area (TPSA) is 63.2 Å². The van der Waals surface area contributed by atoms with Gasteiger partial charge in [0.1, 0.15) is 19.0 Å². The summed E-state index contributed by atoms with van der Waals surface area (Å²) in [6.07, 6.45) is 9.11. The standard InChI is InChI=1S/C23H40O6/c1-7-10-11-12-14-19(26-17-25-6)20(13-8-2)27-22(24)16-15-21-18(9-3)28-23(4,5)29-21/h8-9,18-21H,2-3,7,10-17H2,1,4-6H3/t18-,19+,20+,21-/m1/s1. The van der Waals surface area contributed by atoms with Crippen molar-refractivity contribution in [3.63, 3.8) is 0 Å². The van der Waals surface area contributed by atoms with Crippen molar-refractivity contribution in [1.29, 1.82) is 0 Å². The number of hydrogen-bond donors (Lipinski definition) is 0. The van der Waals surface area contributed by atoms with Gasteiger partial charge in [0, 0.05) is 20.0 Å². The molecular formula is C23H40O6. The van der Waals surface area contributed by atoms with Gasteiger partial charge >= 0.3 is 5.97 Å². The lowest BCUT2D eigenvalue weighted by atomic mass is 10.0. The number of hydrogen-bond acceptors (Lipinski definition) is 6. The van der Waals surface area contributed by atoms with Crippen molar-refractivity contribution in [2.75, 3.05) is 13.9 Å². The lowest BCUT2D eigenvalue weighted by molar-refractivity contribution is -0.167. The van der Waals surface area contributed by atoms with Crippen LogP contribution in [0.2, 0.25) is 0 Å². The Morgan fingerprint density at radius 2 is 1.93 bits per heavy atom. The maximum Gasteiger partial charge on any atom is 0.306 e. The Morgan fingerprint density at radius 3 is 2.55 bits per heavy atom. The van der Waals surface area contributed by atoms with Gasteiger partial charge in [0.2, 0.25) is 0 Å². The fourth-order valence-electron chi connectivity index (χ4n) is 3.52. The highest BCUT2D eigenvalue weighted by molar-refractivity contribution is 5.69. The summed E-state index contributed by atoms with van der Waals surface area (Å²) >= 11 is 0. The van der Waals surface area contributed by atoms with Gasteiger partial charge in [-0.25, -0.2) is 0 Å². The van der Waals surface area contributed by atoms with E-state index in [4.69, 9.17) is 23.7 Å². The molecule has 1 rings (SSSR count). The number of methoxy groups -OCH3 is 1. The Labute approximate surface area is 176 Å². The van der Waals surface area contributed by atoms with E-state index in [0.29, 0.717) is 12.8 Å². The monoisotopic (exact) mass is 412 g/mol. The smallest absolute Gasteiger partial charge is 0.306 e. The van der Waals surface area contributed by atoms with E-state index in [1.807, 2.05) is 13.8 Å². The maximum atomic E-state index is 12.5. The SMILES string of the molecule is C=CC[C@H](OC(=O)CC[C@H]1OC(C)(C)O[C@@H]1C=C)[C@H](CCCCCC)OCOC. The van der Waals surface area contributed by atoms with Gasteiger partial charge in [-0.3, -0.25) is 4.79 Å². The second-order valence-electron chi connectivity index (χ2n) is 7.93. The molecule has 0 spiro atoms. The highest BCUT2D eigenvalue weighted by atomic mass is 16.7. The molecule has 0 saturated carbocycles. The highest BCUT2D eigenvalue weighted by Crippen LogP contribution is 2.31. The third-order valence-corrected chi connectivity index (χ3v) is 4.93. The molecule has 1 aliphatic rings. The van der Waals surface area contributed by atoms with Gasteiger partial charge in [-0.15, -0.1) is 13.2 Å². The molecule has 6 nitrogen and oxygen atoms in total. The Balaban J connectivity index is 2.60. The van der Waals surface area contributed by atoms with Crippen LogP contribution in [0.25, 0.3) is 0 Å². The number of unbranched alkanes of at least 4 members (excludes halogenated alkanes) is 3. The van der Waals surface area contributed by atoms with E-state index in [-0.39, 0.29) is 43.6 Å². The molecule has 0 N–H and O–H groups in total. The lowest BCUT2D eigenvalue weighted by Crippen LogP contribution is -2.34. The molecule has 0 amide bonds. The second kappa shape index (κ2) is 13.9. The van der Waals surface area contributed by atoms with Gasteiger partial charge in [0.05, 0.1) is 12.2 Å². The van der Waals surface area contributed by atoms with E-state index in [1.54, 1.807) is 19.3 Å². The average Bonchev–Trinajstić information content (AvgIpc) is 2.99. The van der Waals surface area contributed by atoms with Crippen LogP contribution in [0, 0.1) is 0 Å². The van der Waals surface area contributed by atoms with Crippen LogP contribution in [0.1, 0.15) is 72.1 Å². The van der Waals surface area contributed by atoms with Gasteiger partial charge in [-0.2, -0.15) is 0 Å². The van der Waals surface area contributed by atoms with Crippen LogP contribution in [0.3, 0.4) is 0 Å². The first-order chi connectivity index (χ1) is 13.9. The van der Waals surface area contributed by atoms with Gasteiger partial charge in [-0.1, -0.05) is 44.8 Å². The summed E-state index contributed by atoms with van der Waals surface area (Å²) in [6, 6.07) is 0. The van der Waals surface area contributed by atoms with Crippen LogP contribution in [-0.2, 0) is 28.5 Å². The molecule has 0 aliphatic carbocycles. The summed E-state index contributed by atoms with van der Waals surface area (Å²) < 4.78 is 28.3. The van der Waals surface area contributed by atoms with Gasteiger partial charge in [-0.05, 0) is 26.7 Å². The summed E-state index contributed by atoms with van der Waals surface area (Å²) in [7, 11) is 1.59. The molecule has 0 unspecified atom stereocenters. The summed E-state index contributed by atoms with van der Waals surface area (Å²) in [5.41, 5.74) is 0. The number of ether oxygens (including phenoxy) is 5. The molecular weight excluding hydrogens is 372 g/mol. The zero-order valence-electron chi connectivity index (χ0n) is 18.7. The van der Waals surface area contributed by atoms with Crippen molar-refractivity contribution >= 4 is 5.97 Å². The van der Waals surface area contributed by atoms with Crippen LogP contribution < -0.4 is 0 Å². The molecule has 1 saturated heterocycles. The van der Waals surface area contributed by atoms with Crippen LogP contribution >= 0.6 is 0 Å². The van der Waals surface area contributed by atoms with Crippen molar-refractivity contribution in [3.8, 4) is 0 Å². The van der Waals surface area contributed by atoms with E-state index in [2.05, 4.69) is 20.1 Å². The van der Waals surface area contributed by atoms with Crippen molar-refractivity contribution < 1.29 is 28.5 Å². The van der Waals surface area contributed by atoms with Crippen LogP contribution in [-0.4, -0.2) is 50.1 Å². The minimum absolute atomic E-state index is 0.174. The summed E-state index contributed by atoms with van der Waals surface area (Å²) in [5.74, 6) is -0.941. The summed E-state index contributed by atoms with van der Waals surface area (Å²) in [4.78, 5) is 12.5. The number of esters is 1. The van der Waals surface area contributed by atoms with Gasteiger partial charge in [0.25, 0.3) is 0 Å². The quantitative estimate of drug-likeness (QED) is 0.155. The van der Waals surface area contributed by atoms with Crippen molar-refractivity contribution in [2.45, 2.75) is 102 Å². The predicted octanol–water partition coefficient (Wildman–Crippen LogP) is 4.92. The Bertz CT molecular complexity index is 490. The molecule has 0 bridgehead atoms. The number of rotatable bonds is 16. The zero-order valence-corrected chi connectivity index (χ0v) is 18.7. The molecule has 0 aromatic carbocycles. The fraction of sp³-hybridized carbons (Fsp3) is 0.783. The minimum atomic E-state index is -0.670. The molecule has 168 valence electrons. The molecule has 1 fully saturated rings. The highest BCUT2D eigenvalue weighted by Gasteiger charge is 2.39. The lowest BCUT2D eigenvalue weighted by Gasteiger charge is -2.26. The summed E-state index contributed by atoms with van der Waals surface area (Å²) in [5, 5.41) is 0. The van der Waals surface area contributed by atoms with E-state index >= 15 is 0 Å². The number of carbonyl (C=O) groups is 1. The molecule has 0 aromatic rings. The van der Waals surface area contributed by atoms with Crippen molar-refractivity contribution in [2.24, 2.45) is 0 Å². The van der Waals surface area contributed by atoms with Crippen molar-refractivity contribution in [3.05, 3.63) is 25.3 Å². The second-order valence-corrected chi connectivity index (χ2v) is 7.93. The molecule has 6 heteroatoms. The molecule has 1 aliphatic heterocycles. The van der Waals surface area contributed by atoms with Gasteiger partial charge < -0.3 is 23.7 Å². The van der Waals surface area contributed by atoms with Crippen LogP contribution in [0.4, 0.5) is 0 Å². The predicted molar refractivity (Wildman–Crippen MR) is 113 cm³/mol. The maximum absolute atomic E-state index is 12.5. The van der Waals surface area contributed by atoms with Gasteiger partial charge in [0.15, 0.2) is 5.79 Å². The summed E-state index contributed by atoms with van der Waals surface area (Å²) in [6.45, 7) is 13.7.